The van der Waals surface area contributed by atoms with E-state index in [2.05, 4.69) is 5.10 Å². The topological polar surface area (TPSA) is 76.9 Å². The lowest BCUT2D eigenvalue weighted by atomic mass is 10.1. The normalized spacial score (nSPS) is 16.5. The quantitative estimate of drug-likeness (QED) is 0.548. The maximum Gasteiger partial charge on any atom is 0.410 e. The van der Waals surface area contributed by atoms with E-state index in [1.54, 1.807) is 9.80 Å². The molecule has 2 amide bonds. The average Bonchev–Trinajstić information content (AvgIpc) is 3.23. The summed E-state index contributed by atoms with van der Waals surface area (Å²) in [5, 5.41) is 5.69. The molecule has 180 valence electrons. The second kappa shape index (κ2) is 10.2. The van der Waals surface area contributed by atoms with Crippen molar-refractivity contribution in [3.05, 3.63) is 66.4 Å². The SMILES string of the molecule is CC(C)(C)OC(=O)N1CCN(C(=O)OCc2ccccc2)C[C@H]1CCn1cc2ccccc2n1. The maximum atomic E-state index is 12.9. The second-order valence-electron chi connectivity index (χ2n) is 9.55. The Morgan fingerprint density at radius 2 is 1.74 bits per heavy atom. The minimum absolute atomic E-state index is 0.208. The number of aryl methyl sites for hydroxylation is 1. The van der Waals surface area contributed by atoms with E-state index < -0.39 is 5.60 Å². The Labute approximate surface area is 200 Å². The molecule has 3 aromatic rings. The monoisotopic (exact) mass is 464 g/mol. The predicted octanol–water partition coefficient (Wildman–Crippen LogP) is 4.68. The number of hydrogen-bond donors (Lipinski definition) is 0. The minimum atomic E-state index is -0.590. The van der Waals surface area contributed by atoms with E-state index in [0.29, 0.717) is 32.6 Å². The summed E-state index contributed by atoms with van der Waals surface area (Å²) in [7, 11) is 0. The lowest BCUT2D eigenvalue weighted by molar-refractivity contribution is -0.00513. The second-order valence-corrected chi connectivity index (χ2v) is 9.55. The number of amides is 2. The number of benzene rings is 2. The van der Waals surface area contributed by atoms with Crippen molar-refractivity contribution in [1.29, 1.82) is 0 Å². The molecule has 2 heterocycles. The number of piperazine rings is 1. The van der Waals surface area contributed by atoms with Crippen LogP contribution < -0.4 is 0 Å². The van der Waals surface area contributed by atoms with Gasteiger partial charge in [0, 0.05) is 37.8 Å². The molecule has 0 unspecified atom stereocenters. The van der Waals surface area contributed by atoms with Crippen molar-refractivity contribution in [2.24, 2.45) is 0 Å². The number of nitrogens with zero attached hydrogens (tertiary/aromatic N) is 4. The van der Waals surface area contributed by atoms with Gasteiger partial charge >= 0.3 is 12.2 Å². The molecule has 34 heavy (non-hydrogen) atoms. The van der Waals surface area contributed by atoms with Crippen LogP contribution in [-0.2, 0) is 22.6 Å². The Bertz CT molecular complexity index is 1090. The lowest BCUT2D eigenvalue weighted by Gasteiger charge is -2.41. The van der Waals surface area contributed by atoms with Gasteiger partial charge in [-0.15, -0.1) is 0 Å². The number of rotatable bonds is 5. The summed E-state index contributed by atoms with van der Waals surface area (Å²) in [5.74, 6) is 0. The fraction of sp³-hybridized carbons (Fsp3) is 0.423. The Balaban J connectivity index is 1.43. The fourth-order valence-electron chi connectivity index (χ4n) is 4.05. The third-order valence-corrected chi connectivity index (χ3v) is 5.73. The van der Waals surface area contributed by atoms with Gasteiger partial charge in [0.05, 0.1) is 11.6 Å². The van der Waals surface area contributed by atoms with E-state index >= 15 is 0 Å². The van der Waals surface area contributed by atoms with Crippen LogP contribution in [0.4, 0.5) is 9.59 Å². The molecule has 2 aromatic carbocycles. The Morgan fingerprint density at radius 1 is 1.00 bits per heavy atom. The van der Waals surface area contributed by atoms with Gasteiger partial charge in [-0.3, -0.25) is 4.68 Å². The summed E-state index contributed by atoms with van der Waals surface area (Å²) in [6.07, 6.45) is 1.90. The van der Waals surface area contributed by atoms with Crippen molar-refractivity contribution in [3.8, 4) is 0 Å². The van der Waals surface area contributed by atoms with E-state index in [4.69, 9.17) is 9.47 Å². The van der Waals surface area contributed by atoms with Crippen LogP contribution in [0, 0.1) is 0 Å². The standard InChI is InChI=1S/C26H32N4O4/c1-26(2,3)34-25(32)30-16-15-28(24(31)33-19-20-9-5-4-6-10-20)18-22(30)13-14-29-17-21-11-7-8-12-23(21)27-29/h4-12,17,22H,13-16,18-19H2,1-3H3/t22-/m1/s1. The fourth-order valence-corrected chi connectivity index (χ4v) is 4.05. The highest BCUT2D eigenvalue weighted by atomic mass is 16.6. The molecule has 0 spiro atoms. The number of fused-ring (bicyclic) bond motifs is 1. The van der Waals surface area contributed by atoms with Crippen LogP contribution >= 0.6 is 0 Å². The summed E-state index contributed by atoms with van der Waals surface area (Å²) < 4.78 is 13.1. The molecule has 8 nitrogen and oxygen atoms in total. The molecule has 0 N–H and O–H groups in total. The van der Waals surface area contributed by atoms with E-state index in [9.17, 15) is 9.59 Å². The summed E-state index contributed by atoms with van der Waals surface area (Å²) in [6, 6.07) is 17.3. The van der Waals surface area contributed by atoms with Crippen LogP contribution in [0.1, 0.15) is 32.8 Å². The zero-order valence-corrected chi connectivity index (χ0v) is 20.0. The molecule has 0 radical (unpaired) electrons. The zero-order chi connectivity index (χ0) is 24.1. The molecule has 0 saturated carbocycles. The summed E-state index contributed by atoms with van der Waals surface area (Å²) in [4.78, 5) is 29.1. The number of carbonyl (C=O) groups excluding carboxylic acids is 2. The molecule has 0 aliphatic carbocycles. The highest BCUT2D eigenvalue weighted by Crippen LogP contribution is 2.20. The van der Waals surface area contributed by atoms with Crippen molar-refractivity contribution >= 4 is 23.1 Å². The van der Waals surface area contributed by atoms with Gasteiger partial charge in [-0.25, -0.2) is 9.59 Å². The molecule has 0 bridgehead atoms. The first-order valence-corrected chi connectivity index (χ1v) is 11.7. The average molecular weight is 465 g/mol. The van der Waals surface area contributed by atoms with Crippen LogP contribution in [0.2, 0.25) is 0 Å². The van der Waals surface area contributed by atoms with Gasteiger partial charge in [0.2, 0.25) is 0 Å². The number of hydrogen-bond acceptors (Lipinski definition) is 5. The molecular formula is C26H32N4O4. The van der Waals surface area contributed by atoms with E-state index in [1.807, 2.05) is 86.2 Å². The van der Waals surface area contributed by atoms with E-state index in [0.717, 1.165) is 16.5 Å². The summed E-state index contributed by atoms with van der Waals surface area (Å²) >= 11 is 0. The van der Waals surface area contributed by atoms with Gasteiger partial charge in [-0.1, -0.05) is 48.5 Å². The smallest absolute Gasteiger partial charge is 0.410 e. The van der Waals surface area contributed by atoms with Gasteiger partial charge in [0.1, 0.15) is 12.2 Å². The maximum absolute atomic E-state index is 12.9. The van der Waals surface area contributed by atoms with Gasteiger partial charge in [-0.05, 0) is 38.8 Å². The molecule has 1 fully saturated rings. The first-order valence-electron chi connectivity index (χ1n) is 11.7. The minimum Gasteiger partial charge on any atom is -0.445 e. The van der Waals surface area contributed by atoms with Crippen LogP contribution in [0.15, 0.2) is 60.8 Å². The van der Waals surface area contributed by atoms with E-state index in [1.165, 1.54) is 0 Å². The highest BCUT2D eigenvalue weighted by molar-refractivity contribution is 5.77. The molecule has 1 aromatic heterocycles. The molecule has 1 aliphatic rings. The lowest BCUT2D eigenvalue weighted by Crippen LogP contribution is -2.57. The third-order valence-electron chi connectivity index (χ3n) is 5.73. The van der Waals surface area contributed by atoms with E-state index in [-0.39, 0.29) is 24.8 Å². The van der Waals surface area contributed by atoms with Crippen LogP contribution in [-0.4, -0.2) is 63.0 Å². The number of aromatic nitrogens is 2. The predicted molar refractivity (Wildman–Crippen MR) is 129 cm³/mol. The summed E-state index contributed by atoms with van der Waals surface area (Å²) in [6.45, 7) is 7.57. The Kier molecular flexibility index (Phi) is 7.05. The molecular weight excluding hydrogens is 432 g/mol. The summed E-state index contributed by atoms with van der Waals surface area (Å²) in [5.41, 5.74) is 1.28. The molecule has 1 aliphatic heterocycles. The first kappa shape index (κ1) is 23.6. The number of carbonyl (C=O) groups is 2. The van der Waals surface area contributed by atoms with Crippen LogP contribution in [0.5, 0.6) is 0 Å². The molecule has 1 atom stereocenters. The first-order chi connectivity index (χ1) is 16.3. The third kappa shape index (κ3) is 6.07. The largest absolute Gasteiger partial charge is 0.445 e. The molecule has 4 rings (SSSR count). The van der Waals surface area contributed by atoms with Crippen molar-refractivity contribution in [2.45, 2.75) is 52.0 Å². The van der Waals surface area contributed by atoms with Crippen molar-refractivity contribution in [2.75, 3.05) is 19.6 Å². The highest BCUT2D eigenvalue weighted by Gasteiger charge is 2.35. The molecule has 8 heteroatoms. The number of ether oxygens (including phenoxy) is 2. The van der Waals surface area contributed by atoms with Gasteiger partial charge in [0.15, 0.2) is 0 Å². The van der Waals surface area contributed by atoms with Gasteiger partial charge < -0.3 is 19.3 Å². The molecule has 1 saturated heterocycles. The van der Waals surface area contributed by atoms with Gasteiger partial charge in [0.25, 0.3) is 0 Å². The van der Waals surface area contributed by atoms with Crippen molar-refractivity contribution in [1.82, 2.24) is 19.6 Å². The van der Waals surface area contributed by atoms with Gasteiger partial charge in [-0.2, -0.15) is 5.10 Å². The van der Waals surface area contributed by atoms with Crippen molar-refractivity contribution in [3.63, 3.8) is 0 Å². The van der Waals surface area contributed by atoms with Crippen LogP contribution in [0.3, 0.4) is 0 Å². The zero-order valence-electron chi connectivity index (χ0n) is 20.0. The Morgan fingerprint density at radius 3 is 2.47 bits per heavy atom. The Hall–Kier alpha value is -3.55. The van der Waals surface area contributed by atoms with Crippen LogP contribution in [0.25, 0.3) is 10.9 Å². The van der Waals surface area contributed by atoms with Crippen molar-refractivity contribution < 1.29 is 19.1 Å².